The summed E-state index contributed by atoms with van der Waals surface area (Å²) in [5.74, 6) is -0.0644. The quantitative estimate of drug-likeness (QED) is 0.554. The molecule has 0 spiro atoms. The zero-order valence-electron chi connectivity index (χ0n) is 16.1. The van der Waals surface area contributed by atoms with Crippen molar-refractivity contribution >= 4 is 28.5 Å². The Kier molecular flexibility index (Phi) is 5.47. The normalized spacial score (nSPS) is 11.1. The molecule has 2 aromatic carbocycles. The first-order chi connectivity index (χ1) is 12.8. The summed E-state index contributed by atoms with van der Waals surface area (Å²) in [7, 11) is 0. The van der Waals surface area contributed by atoms with E-state index >= 15 is 0 Å². The van der Waals surface area contributed by atoms with Crippen LogP contribution in [0.3, 0.4) is 0 Å². The summed E-state index contributed by atoms with van der Waals surface area (Å²) >= 11 is 6.20. The van der Waals surface area contributed by atoms with Crippen molar-refractivity contribution in [3.05, 3.63) is 63.3 Å². The van der Waals surface area contributed by atoms with Gasteiger partial charge in [0.15, 0.2) is 0 Å². The second-order valence-electron chi connectivity index (χ2n) is 6.94. The first-order valence-corrected chi connectivity index (χ1v) is 9.40. The number of fused-ring (bicyclic) bond motifs is 1. The van der Waals surface area contributed by atoms with E-state index in [-0.39, 0.29) is 0 Å². The molecule has 1 heterocycles. The van der Waals surface area contributed by atoms with E-state index in [1.807, 2.05) is 45.9 Å². The largest absolute Gasteiger partial charge is 0.494 e. The third-order valence-electron chi connectivity index (χ3n) is 5.09. The molecule has 0 bridgehead atoms. The minimum absolute atomic E-state index is 0.357. The second-order valence-corrected chi connectivity index (χ2v) is 7.32. The highest BCUT2D eigenvalue weighted by Gasteiger charge is 2.17. The second kappa shape index (κ2) is 7.65. The van der Waals surface area contributed by atoms with Crippen LogP contribution in [0.25, 0.3) is 10.9 Å². The number of ether oxygens (including phenoxy) is 1. The third-order valence-corrected chi connectivity index (χ3v) is 5.69. The molecule has 1 N–H and O–H groups in total. The van der Waals surface area contributed by atoms with Crippen LogP contribution in [0.1, 0.15) is 39.2 Å². The van der Waals surface area contributed by atoms with Crippen LogP contribution in [0.2, 0.25) is 5.02 Å². The van der Waals surface area contributed by atoms with E-state index < -0.39 is 5.97 Å². The first kappa shape index (κ1) is 19.3. The summed E-state index contributed by atoms with van der Waals surface area (Å²) in [4.78, 5) is 11.5. The Bertz CT molecular complexity index is 997. The van der Waals surface area contributed by atoms with Gasteiger partial charge in [0, 0.05) is 28.2 Å². The van der Waals surface area contributed by atoms with Crippen molar-refractivity contribution in [3.8, 4) is 5.75 Å². The van der Waals surface area contributed by atoms with Gasteiger partial charge in [-0.3, -0.25) is 0 Å². The lowest BCUT2D eigenvalue weighted by atomic mass is 10.1. The van der Waals surface area contributed by atoms with Crippen molar-refractivity contribution in [2.24, 2.45) is 0 Å². The maximum atomic E-state index is 11.5. The van der Waals surface area contributed by atoms with Gasteiger partial charge in [0.1, 0.15) is 5.75 Å². The van der Waals surface area contributed by atoms with Gasteiger partial charge in [0.2, 0.25) is 0 Å². The van der Waals surface area contributed by atoms with Gasteiger partial charge in [-0.15, -0.1) is 0 Å². The molecule has 1 aromatic heterocycles. The molecule has 142 valence electrons. The number of hydrogen-bond acceptors (Lipinski definition) is 2. The standard InChI is InChI=1S/C22H24ClNO3/c1-13-11-17(12-14(2)21(13)23)27-10-6-9-24-16(4)15(3)20-18(22(25)26)7-5-8-19(20)24/h5,7-8,11-12H,6,9-10H2,1-4H3,(H,25,26). The van der Waals surface area contributed by atoms with Crippen molar-refractivity contribution in [1.82, 2.24) is 4.57 Å². The number of carbonyl (C=O) groups is 1. The van der Waals surface area contributed by atoms with Crippen LogP contribution in [0, 0.1) is 27.7 Å². The van der Waals surface area contributed by atoms with Crippen LogP contribution in [-0.2, 0) is 6.54 Å². The monoisotopic (exact) mass is 385 g/mol. The van der Waals surface area contributed by atoms with E-state index in [1.165, 1.54) is 0 Å². The highest BCUT2D eigenvalue weighted by Crippen LogP contribution is 2.29. The van der Waals surface area contributed by atoms with E-state index in [1.54, 1.807) is 12.1 Å². The predicted octanol–water partition coefficient (Wildman–Crippen LogP) is 5.70. The molecule has 0 amide bonds. The number of halogens is 1. The van der Waals surface area contributed by atoms with Gasteiger partial charge in [-0.2, -0.15) is 0 Å². The number of carboxylic acid groups (broad SMARTS) is 1. The number of carboxylic acids is 1. The van der Waals surface area contributed by atoms with Crippen LogP contribution in [0.5, 0.6) is 5.75 Å². The van der Waals surface area contributed by atoms with E-state index in [4.69, 9.17) is 16.3 Å². The first-order valence-electron chi connectivity index (χ1n) is 9.02. The topological polar surface area (TPSA) is 51.5 Å². The molecular formula is C22H24ClNO3. The molecule has 0 saturated carbocycles. The van der Waals surface area contributed by atoms with E-state index in [0.717, 1.165) is 57.0 Å². The lowest BCUT2D eigenvalue weighted by molar-refractivity contribution is 0.0699. The van der Waals surface area contributed by atoms with Crippen molar-refractivity contribution in [2.45, 2.75) is 40.7 Å². The molecule has 5 heteroatoms. The smallest absolute Gasteiger partial charge is 0.336 e. The summed E-state index contributed by atoms with van der Waals surface area (Å²) in [6.45, 7) is 9.31. The number of benzene rings is 2. The number of aromatic nitrogens is 1. The fourth-order valence-electron chi connectivity index (χ4n) is 3.59. The van der Waals surface area contributed by atoms with E-state index in [9.17, 15) is 9.90 Å². The van der Waals surface area contributed by atoms with Crippen molar-refractivity contribution < 1.29 is 14.6 Å². The summed E-state index contributed by atoms with van der Waals surface area (Å²) in [5, 5.41) is 11.1. The summed E-state index contributed by atoms with van der Waals surface area (Å²) < 4.78 is 8.08. The van der Waals surface area contributed by atoms with Crippen LogP contribution in [0.15, 0.2) is 30.3 Å². The van der Waals surface area contributed by atoms with Gasteiger partial charge in [0.05, 0.1) is 12.2 Å². The molecule has 0 fully saturated rings. The number of hydrogen-bond donors (Lipinski definition) is 1. The zero-order valence-corrected chi connectivity index (χ0v) is 16.9. The van der Waals surface area contributed by atoms with Gasteiger partial charge in [-0.1, -0.05) is 17.7 Å². The van der Waals surface area contributed by atoms with Crippen LogP contribution >= 0.6 is 11.6 Å². The highest BCUT2D eigenvalue weighted by molar-refractivity contribution is 6.32. The molecule has 0 unspecified atom stereocenters. The van der Waals surface area contributed by atoms with Crippen molar-refractivity contribution in [1.29, 1.82) is 0 Å². The molecule has 0 aliphatic carbocycles. The maximum Gasteiger partial charge on any atom is 0.336 e. The molecule has 27 heavy (non-hydrogen) atoms. The van der Waals surface area contributed by atoms with Crippen molar-refractivity contribution in [2.75, 3.05) is 6.61 Å². The molecule has 0 atom stereocenters. The van der Waals surface area contributed by atoms with Gasteiger partial charge in [-0.25, -0.2) is 4.79 Å². The Labute approximate surface area is 164 Å². The van der Waals surface area contributed by atoms with Gasteiger partial charge >= 0.3 is 5.97 Å². The van der Waals surface area contributed by atoms with Crippen LogP contribution in [0.4, 0.5) is 0 Å². The Morgan fingerprint density at radius 3 is 2.44 bits per heavy atom. The highest BCUT2D eigenvalue weighted by atomic mass is 35.5. The zero-order chi connectivity index (χ0) is 19.7. The maximum absolute atomic E-state index is 11.5. The molecule has 3 aromatic rings. The molecule has 4 nitrogen and oxygen atoms in total. The Hall–Kier alpha value is -2.46. The fourth-order valence-corrected chi connectivity index (χ4v) is 3.70. The Morgan fingerprint density at radius 2 is 1.81 bits per heavy atom. The van der Waals surface area contributed by atoms with Crippen molar-refractivity contribution in [3.63, 3.8) is 0 Å². The predicted molar refractivity (Wildman–Crippen MR) is 109 cm³/mol. The van der Waals surface area contributed by atoms with E-state index in [2.05, 4.69) is 4.57 Å². The number of aromatic carboxylic acids is 1. The molecule has 0 aliphatic rings. The molecule has 3 rings (SSSR count). The summed E-state index contributed by atoms with van der Waals surface area (Å²) in [6, 6.07) is 9.35. The SMILES string of the molecule is Cc1cc(OCCCn2c(C)c(C)c3c(C(=O)O)cccc32)cc(C)c1Cl. The average Bonchev–Trinajstić information content (AvgIpc) is 2.87. The molecule has 0 radical (unpaired) electrons. The van der Waals surface area contributed by atoms with Gasteiger partial charge in [0.25, 0.3) is 0 Å². The number of aryl methyl sites for hydroxylation is 4. The summed E-state index contributed by atoms with van der Waals surface area (Å²) in [5.41, 5.74) is 5.45. The lowest BCUT2D eigenvalue weighted by Gasteiger charge is -2.12. The van der Waals surface area contributed by atoms with Crippen LogP contribution < -0.4 is 4.74 Å². The third kappa shape index (κ3) is 3.67. The van der Waals surface area contributed by atoms with Gasteiger partial charge in [-0.05, 0) is 75.1 Å². The average molecular weight is 386 g/mol. The fraction of sp³-hybridized carbons (Fsp3) is 0.318. The molecule has 0 saturated heterocycles. The van der Waals surface area contributed by atoms with Crippen LogP contribution in [-0.4, -0.2) is 22.2 Å². The van der Waals surface area contributed by atoms with Gasteiger partial charge < -0.3 is 14.4 Å². The number of nitrogens with zero attached hydrogens (tertiary/aromatic N) is 1. The minimum Gasteiger partial charge on any atom is -0.494 e. The molecule has 0 aliphatic heterocycles. The number of rotatable bonds is 6. The molecular weight excluding hydrogens is 362 g/mol. The van der Waals surface area contributed by atoms with E-state index in [0.29, 0.717) is 12.2 Å². The lowest BCUT2D eigenvalue weighted by Crippen LogP contribution is -2.06. The Balaban J connectivity index is 1.75. The Morgan fingerprint density at radius 1 is 1.15 bits per heavy atom. The summed E-state index contributed by atoms with van der Waals surface area (Å²) in [6.07, 6.45) is 0.822. The minimum atomic E-state index is -0.891.